The number of esters is 1. The lowest BCUT2D eigenvalue weighted by Gasteiger charge is -2.36. The van der Waals surface area contributed by atoms with E-state index in [0.717, 1.165) is 44.0 Å². The number of anilines is 2. The minimum atomic E-state index is -0.373. The fourth-order valence-corrected chi connectivity index (χ4v) is 2.79. The Morgan fingerprint density at radius 2 is 1.95 bits per heavy atom. The highest BCUT2D eigenvalue weighted by atomic mass is 16.5. The summed E-state index contributed by atoms with van der Waals surface area (Å²) in [6, 6.07) is 3.90. The second kappa shape index (κ2) is 6.80. The van der Waals surface area contributed by atoms with Crippen LogP contribution in [0.4, 0.5) is 11.4 Å². The third kappa shape index (κ3) is 3.47. The van der Waals surface area contributed by atoms with Gasteiger partial charge in [-0.1, -0.05) is 6.92 Å². The van der Waals surface area contributed by atoms with Gasteiger partial charge in [0.2, 0.25) is 0 Å². The second-order valence-electron chi connectivity index (χ2n) is 5.54. The molecule has 1 heterocycles. The first-order valence-corrected chi connectivity index (χ1v) is 7.52. The van der Waals surface area contributed by atoms with Gasteiger partial charge in [0.05, 0.1) is 12.7 Å². The van der Waals surface area contributed by atoms with Crippen molar-refractivity contribution < 1.29 is 9.53 Å². The molecule has 5 nitrogen and oxygen atoms in total. The number of hydrogen-bond acceptors (Lipinski definition) is 5. The molecule has 116 valence electrons. The number of nitrogens with zero attached hydrogens (tertiary/aromatic N) is 2. The smallest absolute Gasteiger partial charge is 0.340 e. The highest BCUT2D eigenvalue weighted by Crippen LogP contribution is 2.26. The molecule has 0 spiro atoms. The summed E-state index contributed by atoms with van der Waals surface area (Å²) in [5, 5.41) is 0. The topological polar surface area (TPSA) is 58.8 Å². The molecule has 1 aliphatic heterocycles. The summed E-state index contributed by atoms with van der Waals surface area (Å²) in [6.07, 6.45) is 1.19. The number of piperazine rings is 1. The number of carbonyl (C=O) groups is 1. The van der Waals surface area contributed by atoms with Gasteiger partial charge in [-0.3, -0.25) is 4.90 Å². The largest absolute Gasteiger partial charge is 0.465 e. The first-order chi connectivity index (χ1) is 10.1. The molecule has 0 bridgehead atoms. The minimum absolute atomic E-state index is 0.373. The molecule has 1 fully saturated rings. The van der Waals surface area contributed by atoms with Gasteiger partial charge < -0.3 is 15.4 Å². The molecule has 1 aromatic carbocycles. The van der Waals surface area contributed by atoms with E-state index in [0.29, 0.717) is 11.3 Å². The van der Waals surface area contributed by atoms with Crippen molar-refractivity contribution in [1.82, 2.24) is 4.90 Å². The van der Waals surface area contributed by atoms with Crippen LogP contribution in [0.3, 0.4) is 0 Å². The quantitative estimate of drug-likeness (QED) is 0.678. The number of nitrogen functional groups attached to an aromatic ring is 1. The third-order valence-electron chi connectivity index (χ3n) is 4.05. The maximum absolute atomic E-state index is 11.8. The van der Waals surface area contributed by atoms with Crippen molar-refractivity contribution in [3.8, 4) is 0 Å². The Morgan fingerprint density at radius 1 is 1.29 bits per heavy atom. The van der Waals surface area contributed by atoms with Gasteiger partial charge in [0, 0.05) is 37.6 Å². The molecule has 1 saturated heterocycles. The van der Waals surface area contributed by atoms with Crippen LogP contribution in [0.15, 0.2) is 12.1 Å². The van der Waals surface area contributed by atoms with E-state index in [1.54, 1.807) is 0 Å². The fraction of sp³-hybridized carbons (Fsp3) is 0.562. The lowest BCUT2D eigenvalue weighted by atomic mass is 10.1. The lowest BCUT2D eigenvalue weighted by molar-refractivity contribution is 0.0602. The number of ether oxygens (including phenoxy) is 1. The van der Waals surface area contributed by atoms with Crippen molar-refractivity contribution in [3.63, 3.8) is 0 Å². The van der Waals surface area contributed by atoms with Crippen LogP contribution in [0.1, 0.15) is 29.3 Å². The zero-order valence-corrected chi connectivity index (χ0v) is 13.2. The molecule has 0 amide bonds. The maximum Gasteiger partial charge on any atom is 0.340 e. The molecule has 0 unspecified atom stereocenters. The number of benzene rings is 1. The second-order valence-corrected chi connectivity index (χ2v) is 5.54. The zero-order valence-electron chi connectivity index (χ0n) is 13.2. The number of rotatable bonds is 4. The number of carbonyl (C=O) groups excluding carboxylic acids is 1. The Balaban J connectivity index is 2.17. The van der Waals surface area contributed by atoms with Gasteiger partial charge in [0.25, 0.3) is 0 Å². The van der Waals surface area contributed by atoms with E-state index in [1.807, 2.05) is 13.0 Å². The molecule has 2 N–H and O–H groups in total. The van der Waals surface area contributed by atoms with Crippen LogP contribution >= 0.6 is 0 Å². The number of methoxy groups -OCH3 is 1. The molecular weight excluding hydrogens is 266 g/mol. The van der Waals surface area contributed by atoms with Gasteiger partial charge in [0.15, 0.2) is 0 Å². The van der Waals surface area contributed by atoms with Crippen LogP contribution in [0.25, 0.3) is 0 Å². The monoisotopic (exact) mass is 291 g/mol. The maximum atomic E-state index is 11.8. The number of hydrogen-bond donors (Lipinski definition) is 1. The third-order valence-corrected chi connectivity index (χ3v) is 4.05. The minimum Gasteiger partial charge on any atom is -0.465 e. The summed E-state index contributed by atoms with van der Waals surface area (Å²) in [4.78, 5) is 16.6. The van der Waals surface area contributed by atoms with E-state index >= 15 is 0 Å². The van der Waals surface area contributed by atoms with Crippen molar-refractivity contribution in [1.29, 1.82) is 0 Å². The van der Waals surface area contributed by atoms with Crippen LogP contribution < -0.4 is 10.6 Å². The van der Waals surface area contributed by atoms with E-state index < -0.39 is 0 Å². The normalized spacial score (nSPS) is 16.0. The van der Waals surface area contributed by atoms with Gasteiger partial charge in [0.1, 0.15) is 0 Å². The standard InChI is InChI=1S/C16H25N3O2/c1-4-5-18-6-8-19(9-7-18)13-10-12(2)15(17)14(11-13)16(20)21-3/h10-11H,4-9,17H2,1-3H3. The Bertz CT molecular complexity index is 508. The summed E-state index contributed by atoms with van der Waals surface area (Å²) in [7, 11) is 1.38. The van der Waals surface area contributed by atoms with Gasteiger partial charge >= 0.3 is 5.97 Å². The molecule has 21 heavy (non-hydrogen) atoms. The first kappa shape index (κ1) is 15.6. The molecule has 0 atom stereocenters. The van der Waals surface area contributed by atoms with E-state index in [2.05, 4.69) is 22.8 Å². The van der Waals surface area contributed by atoms with Crippen LogP contribution in [0, 0.1) is 6.92 Å². The van der Waals surface area contributed by atoms with Gasteiger partial charge in [-0.15, -0.1) is 0 Å². The van der Waals surface area contributed by atoms with Crippen molar-refractivity contribution in [2.24, 2.45) is 0 Å². The van der Waals surface area contributed by atoms with Gasteiger partial charge in [-0.05, 0) is 37.6 Å². The SMILES string of the molecule is CCCN1CCN(c2cc(C)c(N)c(C(=O)OC)c2)CC1. The molecule has 1 aliphatic rings. The summed E-state index contributed by atoms with van der Waals surface area (Å²) in [6.45, 7) is 9.36. The van der Waals surface area contributed by atoms with Crippen molar-refractivity contribution in [3.05, 3.63) is 23.3 Å². The predicted octanol–water partition coefficient (Wildman–Crippen LogP) is 1.90. The van der Waals surface area contributed by atoms with Crippen molar-refractivity contribution in [2.45, 2.75) is 20.3 Å². The Hall–Kier alpha value is -1.75. The van der Waals surface area contributed by atoms with E-state index in [4.69, 9.17) is 10.5 Å². The van der Waals surface area contributed by atoms with Gasteiger partial charge in [-0.25, -0.2) is 4.79 Å². The van der Waals surface area contributed by atoms with Crippen LogP contribution in [0.2, 0.25) is 0 Å². The fourth-order valence-electron chi connectivity index (χ4n) is 2.79. The summed E-state index contributed by atoms with van der Waals surface area (Å²) in [5.41, 5.74) is 8.94. The lowest BCUT2D eigenvalue weighted by Crippen LogP contribution is -2.46. The molecule has 0 radical (unpaired) electrons. The van der Waals surface area contributed by atoms with E-state index in [1.165, 1.54) is 13.5 Å². The highest BCUT2D eigenvalue weighted by molar-refractivity contribution is 5.97. The summed E-state index contributed by atoms with van der Waals surface area (Å²) >= 11 is 0. The van der Waals surface area contributed by atoms with Crippen molar-refractivity contribution in [2.75, 3.05) is 50.5 Å². The Labute approximate surface area is 126 Å². The number of aryl methyl sites for hydroxylation is 1. The average molecular weight is 291 g/mol. The molecule has 0 saturated carbocycles. The Kier molecular flexibility index (Phi) is 5.07. The molecule has 0 aliphatic carbocycles. The van der Waals surface area contributed by atoms with Crippen molar-refractivity contribution >= 4 is 17.3 Å². The van der Waals surface area contributed by atoms with E-state index in [9.17, 15) is 4.79 Å². The summed E-state index contributed by atoms with van der Waals surface area (Å²) < 4.78 is 4.82. The molecule has 0 aromatic heterocycles. The summed E-state index contributed by atoms with van der Waals surface area (Å²) in [5.74, 6) is -0.373. The van der Waals surface area contributed by atoms with Crippen LogP contribution in [-0.4, -0.2) is 50.7 Å². The van der Waals surface area contributed by atoms with Crippen LogP contribution in [-0.2, 0) is 4.74 Å². The molecule has 5 heteroatoms. The Morgan fingerprint density at radius 3 is 2.52 bits per heavy atom. The predicted molar refractivity (Wildman–Crippen MR) is 85.9 cm³/mol. The van der Waals surface area contributed by atoms with Gasteiger partial charge in [-0.2, -0.15) is 0 Å². The molecule has 1 aromatic rings. The molecular formula is C16H25N3O2. The number of nitrogens with two attached hydrogens (primary N) is 1. The highest BCUT2D eigenvalue weighted by Gasteiger charge is 2.20. The van der Waals surface area contributed by atoms with Crippen LogP contribution in [0.5, 0.6) is 0 Å². The van der Waals surface area contributed by atoms with E-state index in [-0.39, 0.29) is 5.97 Å². The molecule has 2 rings (SSSR count). The average Bonchev–Trinajstić information content (AvgIpc) is 2.50. The first-order valence-electron chi connectivity index (χ1n) is 7.52. The zero-order chi connectivity index (χ0) is 15.4.